The number of fused-ring (bicyclic) bond motifs is 7. The van der Waals surface area contributed by atoms with Crippen LogP contribution in [0.4, 0.5) is 0 Å². The standard InChI is InChI=1S/C51H49N6.Ir/c1-37(2)45-32-41(39-19-12-9-13-20-39)33-46(38(3)4)48(45)57-34-47(51(6,43-24-16-11-17-25-43)56-30-28-54(8)36-56)52-49(57)40-21-18-26-44(31-40)50(5,42-22-14-10-15-23-42)55-29-27-53(7)35-55;/h9-22,24,26-30,32-34,37-38H,1-8H3;/q-3;/t50?,51-;/m0./s1. The predicted molar refractivity (Wildman–Crippen MR) is 232 cm³/mol. The van der Waals surface area contributed by atoms with Crippen molar-refractivity contribution in [1.29, 1.82) is 0 Å². The molecular formula is C51H49IrN6-3. The van der Waals surface area contributed by atoms with E-state index in [1.54, 1.807) is 0 Å². The summed E-state index contributed by atoms with van der Waals surface area (Å²) in [5.74, 6) is 1.35. The summed E-state index contributed by atoms with van der Waals surface area (Å²) in [7, 11) is 4.36. The molecule has 0 saturated carbocycles. The molecule has 0 saturated heterocycles. The summed E-state index contributed by atoms with van der Waals surface area (Å²) >= 11 is -0.982. The first kappa shape index (κ1) is 37.9. The molecule has 58 heavy (non-hydrogen) atoms. The summed E-state index contributed by atoms with van der Waals surface area (Å²) in [5, 5.41) is 0. The molecular weight excluding hydrogens is 889 g/mol. The second-order valence-corrected chi connectivity index (χ2v) is 19.1. The van der Waals surface area contributed by atoms with E-state index in [4.69, 9.17) is 4.98 Å². The Morgan fingerprint density at radius 2 is 1.16 bits per heavy atom. The number of aromatic nitrogens is 2. The number of benzene rings is 5. The van der Waals surface area contributed by atoms with Crippen LogP contribution in [0.3, 0.4) is 0 Å². The van der Waals surface area contributed by atoms with Crippen LogP contribution in [-0.4, -0.2) is 51.8 Å². The van der Waals surface area contributed by atoms with Gasteiger partial charge in [0.05, 0.1) is 0 Å². The zero-order valence-corrected chi connectivity index (χ0v) is 36.8. The molecule has 4 bridgehead atoms. The Labute approximate surface area is 351 Å². The van der Waals surface area contributed by atoms with Crippen LogP contribution in [0.1, 0.15) is 86.9 Å². The third-order valence-electron chi connectivity index (χ3n) is 11.9. The fourth-order valence-electron chi connectivity index (χ4n) is 8.50. The molecule has 0 amide bonds. The van der Waals surface area contributed by atoms with Crippen LogP contribution in [0.5, 0.6) is 0 Å². The van der Waals surface area contributed by atoms with Gasteiger partial charge in [-0.1, -0.05) is 18.2 Å². The third-order valence-corrected chi connectivity index (χ3v) is 15.8. The van der Waals surface area contributed by atoms with E-state index in [2.05, 4.69) is 214 Å². The van der Waals surface area contributed by atoms with Gasteiger partial charge in [0.2, 0.25) is 0 Å². The van der Waals surface area contributed by atoms with Crippen LogP contribution in [-0.2, 0) is 27.9 Å². The summed E-state index contributed by atoms with van der Waals surface area (Å²) in [4.78, 5) is 15.4. The molecule has 6 aromatic rings. The van der Waals surface area contributed by atoms with E-state index >= 15 is 0 Å². The maximum absolute atomic E-state index is 5.79. The van der Waals surface area contributed by atoms with Gasteiger partial charge >= 0.3 is 335 Å². The molecule has 295 valence electrons. The van der Waals surface area contributed by atoms with E-state index in [1.165, 1.54) is 36.5 Å². The number of hydrogen-bond acceptors (Lipinski definition) is 5. The van der Waals surface area contributed by atoms with Crippen molar-refractivity contribution in [3.8, 4) is 28.2 Å². The molecule has 7 heteroatoms. The third kappa shape index (κ3) is 6.06. The normalized spacial score (nSPS) is 20.1. The first-order valence-corrected chi connectivity index (χ1v) is 22.5. The van der Waals surface area contributed by atoms with Crippen LogP contribution in [0.2, 0.25) is 0 Å². The van der Waals surface area contributed by atoms with Crippen molar-refractivity contribution in [2.24, 2.45) is 0 Å². The number of nitrogens with zero attached hydrogens (tertiary/aromatic N) is 6. The zero-order valence-electron chi connectivity index (χ0n) is 34.5. The molecule has 9 rings (SSSR count). The summed E-state index contributed by atoms with van der Waals surface area (Å²) in [5.41, 5.74) is 9.96. The molecule has 0 radical (unpaired) electrons. The Bertz CT molecular complexity index is 2610. The van der Waals surface area contributed by atoms with E-state index in [1.807, 2.05) is 24.3 Å². The number of rotatable bonds is 6. The van der Waals surface area contributed by atoms with E-state index in [-0.39, 0.29) is 11.8 Å². The van der Waals surface area contributed by atoms with Gasteiger partial charge < -0.3 is 0 Å². The monoisotopic (exact) mass is 938 g/mol. The Kier molecular flexibility index (Phi) is 9.57. The average molecular weight is 938 g/mol. The molecule has 1 aromatic heterocycles. The summed E-state index contributed by atoms with van der Waals surface area (Å²) in [6.45, 7) is 13.9. The van der Waals surface area contributed by atoms with E-state index in [0.717, 1.165) is 33.8 Å². The van der Waals surface area contributed by atoms with Crippen molar-refractivity contribution in [2.45, 2.75) is 64.5 Å². The second kappa shape index (κ2) is 14.6. The quantitative estimate of drug-likeness (QED) is 0.155. The number of imidazole rings is 1. The van der Waals surface area contributed by atoms with Gasteiger partial charge in [-0.15, -0.1) is 0 Å². The second-order valence-electron chi connectivity index (χ2n) is 16.3. The van der Waals surface area contributed by atoms with Gasteiger partial charge in [0, 0.05) is 0 Å². The van der Waals surface area contributed by atoms with Gasteiger partial charge in [-0.2, -0.15) is 0 Å². The Morgan fingerprint density at radius 3 is 1.72 bits per heavy atom. The predicted octanol–water partition coefficient (Wildman–Crippen LogP) is 10.1. The molecule has 3 aliphatic rings. The fraction of sp³-hybridized carbons (Fsp3) is 0.235. The minimum atomic E-state index is -0.982. The van der Waals surface area contributed by atoms with Crippen molar-refractivity contribution in [2.75, 3.05) is 14.1 Å². The van der Waals surface area contributed by atoms with Gasteiger partial charge in [0.25, 0.3) is 0 Å². The van der Waals surface area contributed by atoms with Gasteiger partial charge in [-0.05, 0) is 0 Å². The Morgan fingerprint density at radius 1 is 0.603 bits per heavy atom. The average Bonchev–Trinajstić information content (AvgIpc) is 3.97. The summed E-state index contributed by atoms with van der Waals surface area (Å²) in [6.07, 6.45) is 11.2. The van der Waals surface area contributed by atoms with Crippen molar-refractivity contribution in [1.82, 2.24) is 29.2 Å². The molecule has 6 nitrogen and oxygen atoms in total. The molecule has 4 heterocycles. The first-order chi connectivity index (χ1) is 28.0. The molecule has 1 unspecified atom stereocenters. The zero-order chi connectivity index (χ0) is 40.3. The van der Waals surface area contributed by atoms with Crippen LogP contribution < -0.4 is 0 Å². The summed E-state index contributed by atoms with van der Waals surface area (Å²) in [6, 6.07) is 50.3. The van der Waals surface area contributed by atoms with Gasteiger partial charge in [0.1, 0.15) is 0 Å². The van der Waals surface area contributed by atoms with E-state index < -0.39 is 27.9 Å². The van der Waals surface area contributed by atoms with Crippen LogP contribution in [0, 0.1) is 18.2 Å². The van der Waals surface area contributed by atoms with Crippen molar-refractivity contribution < 1.29 is 16.8 Å². The molecule has 2 atom stereocenters. The van der Waals surface area contributed by atoms with E-state index in [9.17, 15) is 0 Å². The molecule has 0 N–H and O–H groups in total. The van der Waals surface area contributed by atoms with Crippen LogP contribution in [0.15, 0.2) is 140 Å². The topological polar surface area (TPSA) is 30.8 Å². The number of hydrogen-bond donors (Lipinski definition) is 0. The maximum atomic E-state index is 5.79. The van der Waals surface area contributed by atoms with Gasteiger partial charge in [-0.3, -0.25) is 0 Å². The van der Waals surface area contributed by atoms with E-state index in [0.29, 0.717) is 0 Å². The molecule has 5 aromatic carbocycles. The molecule has 3 aliphatic heterocycles. The van der Waals surface area contributed by atoms with Crippen LogP contribution in [0.25, 0.3) is 28.2 Å². The van der Waals surface area contributed by atoms with Crippen molar-refractivity contribution >= 4 is 8.54 Å². The van der Waals surface area contributed by atoms with Crippen LogP contribution >= 0.6 is 0 Å². The fourth-order valence-corrected chi connectivity index (χ4v) is 12.2. The molecule has 0 aliphatic carbocycles. The molecule has 0 spiro atoms. The van der Waals surface area contributed by atoms with Gasteiger partial charge in [0.15, 0.2) is 0 Å². The minimum absolute atomic E-state index is 0.245. The Balaban J connectivity index is 1.42. The Hall–Kier alpha value is -5.62. The van der Waals surface area contributed by atoms with Crippen molar-refractivity contribution in [3.63, 3.8) is 0 Å². The van der Waals surface area contributed by atoms with Crippen molar-refractivity contribution in [3.05, 3.63) is 192 Å². The molecule has 0 fully saturated rings. The summed E-state index contributed by atoms with van der Waals surface area (Å²) < 4.78 is 4.93. The van der Waals surface area contributed by atoms with Gasteiger partial charge in [-0.25, -0.2) is 0 Å². The SMILES string of the molecule is CC(C)c1cc(-c2ccccc2)cc(C(C)C)c1-n1cc2nc1-c1[c-]c(ccc1)C(C)(c1[c-]cccc1)N1C=CN(C)[C]1=[Ir]=[C]1N(C)C=CN1[C@@]2(C)c1[c-]cccc1. The first-order valence-electron chi connectivity index (χ1n) is 20.1.